The van der Waals surface area contributed by atoms with Crippen molar-refractivity contribution in [2.24, 2.45) is 0 Å². The number of carbonyl (C=O) groups is 2. The van der Waals surface area contributed by atoms with Crippen molar-refractivity contribution in [1.29, 1.82) is 0 Å². The topological polar surface area (TPSA) is 50.3 Å². The summed E-state index contributed by atoms with van der Waals surface area (Å²) < 4.78 is 0. The molecule has 5 aromatic rings. The lowest BCUT2D eigenvalue weighted by Crippen LogP contribution is -2.16. The fourth-order valence-corrected chi connectivity index (χ4v) is 7.00. The molecule has 0 unspecified atom stereocenters. The van der Waals surface area contributed by atoms with Crippen molar-refractivity contribution in [3.05, 3.63) is 136 Å². The molecule has 0 fully saturated rings. The van der Waals surface area contributed by atoms with Gasteiger partial charge in [0, 0.05) is 38.4 Å². The Morgan fingerprint density at radius 1 is 0.718 bits per heavy atom. The van der Waals surface area contributed by atoms with E-state index in [1.807, 2.05) is 12.1 Å². The quantitative estimate of drug-likeness (QED) is 0.175. The summed E-state index contributed by atoms with van der Waals surface area (Å²) in [5, 5.41) is 0. The Balaban J connectivity index is 1.30. The molecule has 0 radical (unpaired) electrons. The van der Waals surface area contributed by atoms with Crippen molar-refractivity contribution >= 4 is 46.0 Å². The molecule has 2 aliphatic carbocycles. The Bertz CT molecular complexity index is 1740. The standard InChI is InChI=1S/C34H24N2O2S/c1-34(2)28-18-23(36(21-10-5-3-6-11-21)22-12-7-4-8-13-22)15-16-25(28)33-29(34)20-24(39-33)19-27-31(37)26-14-9-17-35-30(26)32(27)38/h3-20H,1-2H3/b27-19+. The monoisotopic (exact) mass is 524 g/mol. The van der Waals surface area contributed by atoms with E-state index in [0.717, 1.165) is 21.9 Å². The molecule has 0 spiro atoms. The van der Waals surface area contributed by atoms with Crippen LogP contribution < -0.4 is 4.90 Å². The van der Waals surface area contributed by atoms with Crippen molar-refractivity contribution in [3.63, 3.8) is 0 Å². The number of anilines is 3. The highest BCUT2D eigenvalue weighted by molar-refractivity contribution is 7.16. The Labute approximate surface area is 230 Å². The van der Waals surface area contributed by atoms with Crippen LogP contribution in [0.5, 0.6) is 0 Å². The number of aromatic nitrogens is 1. The summed E-state index contributed by atoms with van der Waals surface area (Å²) in [5.41, 5.74) is 7.57. The average Bonchev–Trinajstić information content (AvgIpc) is 3.56. The van der Waals surface area contributed by atoms with Crippen LogP contribution in [-0.2, 0) is 5.41 Å². The third kappa shape index (κ3) is 3.62. The van der Waals surface area contributed by atoms with Crippen LogP contribution in [0.15, 0.2) is 109 Å². The molecule has 0 saturated heterocycles. The lowest BCUT2D eigenvalue weighted by molar-refractivity contribution is 0.0989. The van der Waals surface area contributed by atoms with Gasteiger partial charge in [0.15, 0.2) is 5.78 Å². The van der Waals surface area contributed by atoms with Gasteiger partial charge in [0.05, 0.1) is 11.1 Å². The zero-order valence-electron chi connectivity index (χ0n) is 21.5. The van der Waals surface area contributed by atoms with Crippen LogP contribution in [0.4, 0.5) is 17.1 Å². The fraction of sp³-hybridized carbons (Fsp3) is 0.0882. The SMILES string of the molecule is CC1(C)c2cc(N(c3ccccc3)c3ccccc3)ccc2-c2sc(/C=C3\C(=O)c4cccnc4C3=O)cc21. The summed E-state index contributed by atoms with van der Waals surface area (Å²) in [7, 11) is 0. The molecule has 2 heterocycles. The largest absolute Gasteiger partial charge is 0.310 e. The van der Waals surface area contributed by atoms with E-state index in [1.54, 1.807) is 35.7 Å². The second-order valence-electron chi connectivity index (χ2n) is 10.4. The highest BCUT2D eigenvalue weighted by Crippen LogP contribution is 2.54. The van der Waals surface area contributed by atoms with Gasteiger partial charge in [0.1, 0.15) is 5.69 Å². The van der Waals surface area contributed by atoms with Gasteiger partial charge in [-0.25, -0.2) is 0 Å². The number of fused-ring (bicyclic) bond motifs is 4. The number of carbonyl (C=O) groups excluding carboxylic acids is 2. The van der Waals surface area contributed by atoms with Gasteiger partial charge < -0.3 is 4.90 Å². The molecule has 0 atom stereocenters. The summed E-state index contributed by atoms with van der Waals surface area (Å²) in [6.45, 7) is 4.48. The molecular weight excluding hydrogens is 500 g/mol. The van der Waals surface area contributed by atoms with E-state index in [0.29, 0.717) is 5.56 Å². The van der Waals surface area contributed by atoms with Crippen molar-refractivity contribution in [2.45, 2.75) is 19.3 Å². The van der Waals surface area contributed by atoms with Crippen LogP contribution in [0.25, 0.3) is 16.5 Å². The molecule has 5 heteroatoms. The predicted octanol–water partition coefficient (Wildman–Crippen LogP) is 8.38. The van der Waals surface area contributed by atoms with E-state index < -0.39 is 0 Å². The Hall–Kier alpha value is -4.61. The van der Waals surface area contributed by atoms with Crippen LogP contribution in [0.1, 0.15) is 50.7 Å². The minimum Gasteiger partial charge on any atom is -0.310 e. The molecule has 188 valence electrons. The van der Waals surface area contributed by atoms with Gasteiger partial charge in [-0.2, -0.15) is 0 Å². The molecule has 39 heavy (non-hydrogen) atoms. The number of Topliss-reactive ketones (excluding diaryl/α,β-unsaturated/α-hetero) is 2. The van der Waals surface area contributed by atoms with Crippen LogP contribution in [0.3, 0.4) is 0 Å². The maximum absolute atomic E-state index is 12.9. The number of allylic oxidation sites excluding steroid dienone is 1. The number of benzene rings is 3. The molecule has 2 aromatic heterocycles. The smallest absolute Gasteiger partial charge is 0.216 e. The lowest BCUT2D eigenvalue weighted by atomic mass is 9.82. The van der Waals surface area contributed by atoms with Gasteiger partial charge in [0.2, 0.25) is 5.78 Å². The first-order valence-electron chi connectivity index (χ1n) is 12.9. The van der Waals surface area contributed by atoms with Gasteiger partial charge in [-0.1, -0.05) is 56.3 Å². The molecule has 0 aliphatic heterocycles. The van der Waals surface area contributed by atoms with Crippen molar-refractivity contribution in [1.82, 2.24) is 4.98 Å². The fourth-order valence-electron chi connectivity index (χ4n) is 5.70. The Morgan fingerprint density at radius 3 is 2.08 bits per heavy atom. The second-order valence-corrected chi connectivity index (χ2v) is 11.5. The molecular formula is C34H24N2O2S. The molecule has 7 rings (SSSR count). The Morgan fingerprint density at radius 2 is 1.41 bits per heavy atom. The summed E-state index contributed by atoms with van der Waals surface area (Å²) >= 11 is 1.63. The number of para-hydroxylation sites is 2. The molecule has 4 nitrogen and oxygen atoms in total. The minimum absolute atomic E-state index is 0.193. The number of thiophene rings is 1. The van der Waals surface area contributed by atoms with E-state index in [4.69, 9.17) is 0 Å². The highest BCUT2D eigenvalue weighted by Gasteiger charge is 2.39. The van der Waals surface area contributed by atoms with Crippen LogP contribution in [0.2, 0.25) is 0 Å². The first-order chi connectivity index (χ1) is 18.9. The zero-order valence-corrected chi connectivity index (χ0v) is 22.3. The van der Waals surface area contributed by atoms with Gasteiger partial charge >= 0.3 is 0 Å². The lowest BCUT2D eigenvalue weighted by Gasteiger charge is -2.28. The van der Waals surface area contributed by atoms with E-state index in [-0.39, 0.29) is 28.2 Å². The number of rotatable bonds is 4. The van der Waals surface area contributed by atoms with Gasteiger partial charge in [0.25, 0.3) is 0 Å². The molecule has 2 aliphatic rings. The minimum atomic E-state index is -0.296. The molecule has 0 amide bonds. The molecule has 0 N–H and O–H groups in total. The maximum atomic E-state index is 12.9. The van der Waals surface area contributed by atoms with E-state index in [2.05, 4.69) is 96.5 Å². The third-order valence-electron chi connectivity index (χ3n) is 7.68. The summed E-state index contributed by atoms with van der Waals surface area (Å²) in [4.78, 5) is 34.3. The zero-order chi connectivity index (χ0) is 26.7. The highest BCUT2D eigenvalue weighted by atomic mass is 32.1. The molecule has 3 aromatic carbocycles. The first-order valence-corrected chi connectivity index (χ1v) is 13.7. The molecule has 0 saturated carbocycles. The van der Waals surface area contributed by atoms with Crippen LogP contribution in [-0.4, -0.2) is 16.6 Å². The summed E-state index contributed by atoms with van der Waals surface area (Å²) in [6.07, 6.45) is 3.29. The summed E-state index contributed by atoms with van der Waals surface area (Å²) in [6, 6.07) is 33.0. The maximum Gasteiger partial charge on any atom is 0.216 e. The van der Waals surface area contributed by atoms with Crippen molar-refractivity contribution in [2.75, 3.05) is 4.90 Å². The van der Waals surface area contributed by atoms with Gasteiger partial charge in [-0.05, 0) is 77.4 Å². The number of hydrogen-bond donors (Lipinski definition) is 0. The van der Waals surface area contributed by atoms with E-state index >= 15 is 0 Å². The number of ketones is 2. The van der Waals surface area contributed by atoms with Gasteiger partial charge in [-0.3, -0.25) is 14.6 Å². The summed E-state index contributed by atoms with van der Waals surface area (Å²) in [5.74, 6) is -0.543. The van der Waals surface area contributed by atoms with Crippen LogP contribution >= 0.6 is 11.3 Å². The number of pyridine rings is 1. The van der Waals surface area contributed by atoms with Gasteiger partial charge in [-0.15, -0.1) is 11.3 Å². The normalized spacial score (nSPS) is 15.8. The Kier molecular flexibility index (Phi) is 5.25. The predicted molar refractivity (Wildman–Crippen MR) is 157 cm³/mol. The van der Waals surface area contributed by atoms with Crippen LogP contribution in [0, 0.1) is 0 Å². The van der Waals surface area contributed by atoms with Crippen molar-refractivity contribution < 1.29 is 9.59 Å². The average molecular weight is 525 g/mol. The number of nitrogens with zero attached hydrogens (tertiary/aromatic N) is 2. The van der Waals surface area contributed by atoms with Crippen molar-refractivity contribution in [3.8, 4) is 10.4 Å². The molecule has 0 bridgehead atoms. The van der Waals surface area contributed by atoms with E-state index in [9.17, 15) is 9.59 Å². The third-order valence-corrected chi connectivity index (χ3v) is 8.79. The first kappa shape index (κ1) is 23.5. The number of hydrogen-bond acceptors (Lipinski definition) is 5. The van der Waals surface area contributed by atoms with E-state index in [1.165, 1.54) is 21.6 Å². The second kappa shape index (κ2) is 8.72.